The van der Waals surface area contributed by atoms with Crippen LogP contribution in [0.4, 0.5) is 0 Å². The first kappa shape index (κ1) is 39.1. The van der Waals surface area contributed by atoms with Gasteiger partial charge in [0.15, 0.2) is 0 Å². The van der Waals surface area contributed by atoms with E-state index in [4.69, 9.17) is 4.52 Å². The van der Waals surface area contributed by atoms with Gasteiger partial charge in [0, 0.05) is 0 Å². The van der Waals surface area contributed by atoms with Crippen LogP contribution in [0.1, 0.15) is 192 Å². The zero-order valence-electron chi connectivity index (χ0n) is 28.9. The first-order valence-corrected chi connectivity index (χ1v) is 21.7. The molecule has 0 spiro atoms. The summed E-state index contributed by atoms with van der Waals surface area (Å²) in [7, 11) is 0. The molecule has 0 saturated carbocycles. The molecule has 0 unspecified atom stereocenters. The predicted molar refractivity (Wildman–Crippen MR) is 192 cm³/mol. The fourth-order valence-corrected chi connectivity index (χ4v) is 13.3. The molecular weight excluding hydrogens is 531 g/mol. The Balaban J connectivity index is 3.00. The fourth-order valence-electron chi connectivity index (χ4n) is 6.88. The fraction of sp³-hybridized carbons (Fsp3) is 0.821. The second kappa shape index (κ2) is 25.4. The summed E-state index contributed by atoms with van der Waals surface area (Å²) in [5.74, 6) is -0.0336. The Labute approximate surface area is 264 Å². The third-order valence-electron chi connectivity index (χ3n) is 9.66. The second-order valence-electron chi connectivity index (χ2n) is 13.6. The van der Waals surface area contributed by atoms with Crippen molar-refractivity contribution in [3.63, 3.8) is 0 Å². The normalized spacial score (nSPS) is 12.7. The number of rotatable bonds is 30. The van der Waals surface area contributed by atoms with Gasteiger partial charge < -0.3 is 0 Å². The standard InChI is InChI=1S/C39H73O2P/c1-5-9-13-17-18-19-20-21-22-23-24-31-37-42(34-28-14-10-6-2,35-29-15-11-7-3,36-30-16-12-8-4)41-39(40)38-32-26-25-27-33-38/h25-27,32-33H,5-24,28-31,34-37H2,1-4H3. The van der Waals surface area contributed by atoms with Crippen LogP contribution in [-0.4, -0.2) is 30.6 Å². The van der Waals surface area contributed by atoms with Crippen LogP contribution >= 0.6 is 6.83 Å². The van der Waals surface area contributed by atoms with E-state index in [0.717, 1.165) is 5.56 Å². The van der Waals surface area contributed by atoms with E-state index in [2.05, 4.69) is 27.7 Å². The summed E-state index contributed by atoms with van der Waals surface area (Å²) in [6.45, 7) is 6.51. The Morgan fingerprint density at radius 1 is 0.452 bits per heavy atom. The van der Waals surface area contributed by atoms with Crippen LogP contribution in [0.3, 0.4) is 0 Å². The molecule has 0 aliphatic heterocycles. The number of hydrogen-bond acceptors (Lipinski definition) is 2. The van der Waals surface area contributed by atoms with Gasteiger partial charge in [0.1, 0.15) is 0 Å². The van der Waals surface area contributed by atoms with Gasteiger partial charge in [-0.1, -0.05) is 13.3 Å². The van der Waals surface area contributed by atoms with Crippen molar-refractivity contribution < 1.29 is 9.32 Å². The Morgan fingerprint density at radius 3 is 1.07 bits per heavy atom. The van der Waals surface area contributed by atoms with Gasteiger partial charge in [-0.15, -0.1) is 0 Å². The summed E-state index contributed by atoms with van der Waals surface area (Å²) in [6.07, 6.45) is 36.4. The van der Waals surface area contributed by atoms with Crippen LogP contribution < -0.4 is 0 Å². The molecule has 0 bridgehead atoms. The molecule has 0 N–H and O–H groups in total. The molecule has 42 heavy (non-hydrogen) atoms. The molecule has 0 heterocycles. The van der Waals surface area contributed by atoms with Crippen LogP contribution in [-0.2, 0) is 4.52 Å². The number of unbranched alkanes of at least 4 members (excludes halogenated alkanes) is 20. The number of carbonyl (C=O) groups excluding carboxylic acids is 1. The summed E-state index contributed by atoms with van der Waals surface area (Å²) in [5.41, 5.74) is 0.747. The van der Waals surface area contributed by atoms with Crippen molar-refractivity contribution in [3.8, 4) is 0 Å². The van der Waals surface area contributed by atoms with Gasteiger partial charge in [0.2, 0.25) is 0 Å². The minimum absolute atomic E-state index is 0.0336. The van der Waals surface area contributed by atoms with Crippen LogP contribution in [0, 0.1) is 0 Å². The zero-order valence-corrected chi connectivity index (χ0v) is 29.8. The maximum absolute atomic E-state index is 13.9. The summed E-state index contributed by atoms with van der Waals surface area (Å²) >= 11 is 0. The van der Waals surface area contributed by atoms with Crippen molar-refractivity contribution in [2.75, 3.05) is 24.6 Å². The second-order valence-corrected chi connectivity index (χ2v) is 19.3. The Bertz CT molecular complexity index is 712. The van der Waals surface area contributed by atoms with Crippen molar-refractivity contribution in [1.82, 2.24) is 0 Å². The quantitative estimate of drug-likeness (QED) is 0.0645. The Hall–Kier alpha value is -0.880. The van der Waals surface area contributed by atoms with E-state index in [1.807, 2.05) is 30.3 Å². The molecule has 0 atom stereocenters. The van der Waals surface area contributed by atoms with Gasteiger partial charge >= 0.3 is 251 Å². The topological polar surface area (TPSA) is 26.3 Å². The van der Waals surface area contributed by atoms with E-state index >= 15 is 0 Å². The van der Waals surface area contributed by atoms with E-state index in [0.29, 0.717) is 0 Å². The summed E-state index contributed by atoms with van der Waals surface area (Å²) in [6, 6.07) is 9.90. The monoisotopic (exact) mass is 605 g/mol. The third kappa shape index (κ3) is 17.4. The zero-order chi connectivity index (χ0) is 30.6. The number of hydrogen-bond donors (Lipinski definition) is 0. The molecule has 3 heteroatoms. The molecule has 0 fully saturated rings. The average Bonchev–Trinajstić information content (AvgIpc) is 3.01. The first-order valence-electron chi connectivity index (χ1n) is 18.8. The van der Waals surface area contributed by atoms with Crippen molar-refractivity contribution in [2.24, 2.45) is 0 Å². The molecule has 0 saturated heterocycles. The molecule has 0 aliphatic carbocycles. The Morgan fingerprint density at radius 2 is 0.738 bits per heavy atom. The van der Waals surface area contributed by atoms with Crippen molar-refractivity contribution >= 4 is 12.8 Å². The average molecular weight is 605 g/mol. The first-order chi connectivity index (χ1) is 20.5. The molecule has 0 aliphatic rings. The molecule has 246 valence electrons. The van der Waals surface area contributed by atoms with Crippen LogP contribution in [0.5, 0.6) is 0 Å². The molecule has 1 aromatic rings. The Kier molecular flexibility index (Phi) is 23.7. The number of benzene rings is 1. The van der Waals surface area contributed by atoms with Crippen molar-refractivity contribution in [2.45, 2.75) is 182 Å². The molecule has 0 amide bonds. The molecular formula is C39H73O2P. The summed E-state index contributed by atoms with van der Waals surface area (Å²) in [5, 5.41) is 0. The molecule has 0 aromatic heterocycles. The molecule has 1 aromatic carbocycles. The van der Waals surface area contributed by atoms with Crippen molar-refractivity contribution in [3.05, 3.63) is 35.9 Å². The number of carbonyl (C=O) groups is 1. The third-order valence-corrected chi connectivity index (χ3v) is 16.1. The van der Waals surface area contributed by atoms with E-state index < -0.39 is 6.83 Å². The molecule has 1 rings (SSSR count). The van der Waals surface area contributed by atoms with E-state index in [1.165, 1.54) is 179 Å². The predicted octanol–water partition coefficient (Wildman–Crippen LogP) is 13.8. The SMILES string of the molecule is CCCCCCCCCCCCCCP(CCCCCC)(CCCCCC)(CCCCCC)OC(=O)c1ccccc1. The maximum atomic E-state index is 13.9. The van der Waals surface area contributed by atoms with E-state index in [-0.39, 0.29) is 5.97 Å². The van der Waals surface area contributed by atoms with E-state index in [9.17, 15) is 4.79 Å². The van der Waals surface area contributed by atoms with Crippen molar-refractivity contribution in [1.29, 1.82) is 0 Å². The van der Waals surface area contributed by atoms with Gasteiger partial charge in [-0.3, -0.25) is 0 Å². The summed E-state index contributed by atoms with van der Waals surface area (Å²) < 4.78 is 7.14. The van der Waals surface area contributed by atoms with Gasteiger partial charge in [-0.05, 0) is 0 Å². The van der Waals surface area contributed by atoms with Gasteiger partial charge in [-0.2, -0.15) is 0 Å². The summed E-state index contributed by atoms with van der Waals surface area (Å²) in [4.78, 5) is 13.9. The van der Waals surface area contributed by atoms with Crippen LogP contribution in [0.2, 0.25) is 0 Å². The molecule has 2 nitrogen and oxygen atoms in total. The van der Waals surface area contributed by atoms with E-state index in [1.54, 1.807) is 0 Å². The van der Waals surface area contributed by atoms with Crippen LogP contribution in [0.15, 0.2) is 30.3 Å². The molecule has 0 radical (unpaired) electrons. The van der Waals surface area contributed by atoms with Gasteiger partial charge in [0.25, 0.3) is 0 Å². The minimum atomic E-state index is -2.70. The van der Waals surface area contributed by atoms with Gasteiger partial charge in [0.05, 0.1) is 0 Å². The van der Waals surface area contributed by atoms with Gasteiger partial charge in [-0.25, -0.2) is 0 Å². The van der Waals surface area contributed by atoms with Crippen LogP contribution in [0.25, 0.3) is 0 Å².